The lowest BCUT2D eigenvalue weighted by Gasteiger charge is -2.12. The molecule has 1 amide bonds. The van der Waals surface area contributed by atoms with Crippen molar-refractivity contribution >= 4 is 12.1 Å². The molecule has 2 rings (SSSR count). The molecule has 0 spiro atoms. The van der Waals surface area contributed by atoms with Crippen LogP contribution in [0.5, 0.6) is 23.0 Å². The van der Waals surface area contributed by atoms with Crippen LogP contribution in [0, 0.1) is 5.82 Å². The lowest BCUT2D eigenvalue weighted by molar-refractivity contribution is -0.123. The Morgan fingerprint density at radius 3 is 2.35 bits per heavy atom. The highest BCUT2D eigenvalue weighted by Gasteiger charge is 2.11. The second-order valence-electron chi connectivity index (χ2n) is 4.98. The molecule has 0 radical (unpaired) electrons. The van der Waals surface area contributed by atoms with Crippen LogP contribution in [-0.2, 0) is 4.79 Å². The summed E-state index contributed by atoms with van der Waals surface area (Å²) in [5, 5.41) is 3.86. The van der Waals surface area contributed by atoms with Crippen molar-refractivity contribution in [2.75, 3.05) is 27.9 Å². The van der Waals surface area contributed by atoms with Gasteiger partial charge in [0.2, 0.25) is 0 Å². The minimum absolute atomic E-state index is 0.252. The number of methoxy groups -OCH3 is 3. The summed E-state index contributed by atoms with van der Waals surface area (Å²) in [6.07, 6.45) is 1.39. The molecule has 2 aromatic carbocycles. The van der Waals surface area contributed by atoms with Crippen molar-refractivity contribution < 1.29 is 28.1 Å². The second-order valence-corrected chi connectivity index (χ2v) is 4.98. The van der Waals surface area contributed by atoms with Crippen molar-refractivity contribution in [1.29, 1.82) is 0 Å². The van der Waals surface area contributed by atoms with Gasteiger partial charge < -0.3 is 18.9 Å². The molecule has 0 fully saturated rings. The van der Waals surface area contributed by atoms with Gasteiger partial charge in [-0.05, 0) is 12.1 Å². The number of halogens is 1. The predicted molar refractivity (Wildman–Crippen MR) is 93.7 cm³/mol. The average Bonchev–Trinajstić information content (AvgIpc) is 2.66. The zero-order valence-electron chi connectivity index (χ0n) is 14.6. The summed E-state index contributed by atoms with van der Waals surface area (Å²) < 4.78 is 33.9. The van der Waals surface area contributed by atoms with E-state index in [2.05, 4.69) is 10.5 Å². The lowest BCUT2D eigenvalue weighted by atomic mass is 10.2. The predicted octanol–water partition coefficient (Wildman–Crippen LogP) is 2.38. The number of rotatable bonds is 8. The van der Waals surface area contributed by atoms with Crippen LogP contribution in [0.2, 0.25) is 0 Å². The number of carbonyl (C=O) groups is 1. The van der Waals surface area contributed by atoms with E-state index in [9.17, 15) is 9.18 Å². The summed E-state index contributed by atoms with van der Waals surface area (Å²) in [5.41, 5.74) is 2.85. The third-order valence-electron chi connectivity index (χ3n) is 3.30. The van der Waals surface area contributed by atoms with Crippen molar-refractivity contribution in [3.05, 3.63) is 47.8 Å². The average molecular weight is 362 g/mol. The fourth-order valence-corrected chi connectivity index (χ4v) is 2.07. The van der Waals surface area contributed by atoms with Gasteiger partial charge in [0.15, 0.2) is 6.61 Å². The van der Waals surface area contributed by atoms with Crippen LogP contribution in [0.25, 0.3) is 0 Å². The van der Waals surface area contributed by atoms with Gasteiger partial charge in [-0.2, -0.15) is 5.10 Å². The summed E-state index contributed by atoms with van der Waals surface area (Å²) in [5.74, 6) is 0.799. The van der Waals surface area contributed by atoms with Crippen LogP contribution in [0.1, 0.15) is 5.56 Å². The van der Waals surface area contributed by atoms with E-state index in [-0.39, 0.29) is 12.4 Å². The first-order chi connectivity index (χ1) is 12.6. The molecule has 0 bridgehead atoms. The SMILES string of the molecule is COc1cc(OC)c(/C=N\NC(=O)COc2cccc(F)c2)c(OC)c1. The molecule has 0 aromatic heterocycles. The molecule has 0 aliphatic heterocycles. The van der Waals surface area contributed by atoms with Gasteiger partial charge in [0.05, 0.1) is 33.1 Å². The maximum atomic E-state index is 13.0. The molecule has 0 aliphatic carbocycles. The van der Waals surface area contributed by atoms with E-state index in [0.29, 0.717) is 22.8 Å². The number of amides is 1. The van der Waals surface area contributed by atoms with Gasteiger partial charge in [-0.3, -0.25) is 4.79 Å². The second kappa shape index (κ2) is 9.26. The van der Waals surface area contributed by atoms with Crippen LogP contribution in [0.4, 0.5) is 4.39 Å². The molecule has 0 saturated heterocycles. The number of nitrogens with zero attached hydrogens (tertiary/aromatic N) is 1. The van der Waals surface area contributed by atoms with E-state index >= 15 is 0 Å². The van der Waals surface area contributed by atoms with Gasteiger partial charge in [-0.15, -0.1) is 0 Å². The Hall–Kier alpha value is -3.29. The maximum Gasteiger partial charge on any atom is 0.277 e. The van der Waals surface area contributed by atoms with Crippen LogP contribution >= 0.6 is 0 Å². The number of nitrogens with one attached hydrogen (secondary N) is 1. The molecule has 7 nitrogen and oxygen atoms in total. The first-order valence-corrected chi connectivity index (χ1v) is 7.57. The van der Waals surface area contributed by atoms with Crippen molar-refractivity contribution in [2.45, 2.75) is 0 Å². The Labute approximate surface area is 150 Å². The first-order valence-electron chi connectivity index (χ1n) is 7.57. The van der Waals surface area contributed by atoms with Crippen LogP contribution in [0.15, 0.2) is 41.5 Å². The molecule has 26 heavy (non-hydrogen) atoms. The highest BCUT2D eigenvalue weighted by molar-refractivity contribution is 5.89. The fraction of sp³-hybridized carbons (Fsp3) is 0.222. The smallest absolute Gasteiger partial charge is 0.277 e. The van der Waals surface area contributed by atoms with Crippen LogP contribution in [0.3, 0.4) is 0 Å². The normalized spacial score (nSPS) is 10.5. The number of benzene rings is 2. The molecule has 138 valence electrons. The quantitative estimate of drug-likeness (QED) is 0.576. The molecular weight excluding hydrogens is 343 g/mol. The molecule has 0 heterocycles. The Morgan fingerprint density at radius 2 is 1.77 bits per heavy atom. The monoisotopic (exact) mass is 362 g/mol. The summed E-state index contributed by atoms with van der Waals surface area (Å²) in [6.45, 7) is -0.308. The molecular formula is C18H19FN2O5. The number of hydrogen-bond donors (Lipinski definition) is 1. The Bertz CT molecular complexity index is 770. The molecule has 0 aliphatic rings. The zero-order valence-corrected chi connectivity index (χ0v) is 14.6. The standard InChI is InChI=1S/C18H19FN2O5/c1-23-14-8-16(24-2)15(17(9-14)25-3)10-20-21-18(22)11-26-13-6-4-5-12(19)7-13/h4-10H,11H2,1-3H3,(H,21,22)/b20-10-. The highest BCUT2D eigenvalue weighted by Crippen LogP contribution is 2.32. The largest absolute Gasteiger partial charge is 0.496 e. The third kappa shape index (κ3) is 5.10. The van der Waals surface area contributed by atoms with Gasteiger partial charge >= 0.3 is 0 Å². The van der Waals surface area contributed by atoms with Gasteiger partial charge in [0.25, 0.3) is 5.91 Å². The van der Waals surface area contributed by atoms with Gasteiger partial charge in [-0.25, -0.2) is 9.82 Å². The van der Waals surface area contributed by atoms with E-state index in [4.69, 9.17) is 18.9 Å². The van der Waals surface area contributed by atoms with E-state index < -0.39 is 11.7 Å². The van der Waals surface area contributed by atoms with Crippen molar-refractivity contribution in [3.63, 3.8) is 0 Å². The van der Waals surface area contributed by atoms with E-state index in [0.717, 1.165) is 0 Å². The first kappa shape index (κ1) is 19.0. The van der Waals surface area contributed by atoms with Crippen LogP contribution < -0.4 is 24.4 Å². The fourth-order valence-electron chi connectivity index (χ4n) is 2.07. The minimum atomic E-state index is -0.503. The molecule has 8 heteroatoms. The summed E-state index contributed by atoms with van der Waals surface area (Å²) >= 11 is 0. The summed E-state index contributed by atoms with van der Waals surface area (Å²) in [4.78, 5) is 11.8. The zero-order chi connectivity index (χ0) is 18.9. The maximum absolute atomic E-state index is 13.0. The number of carbonyl (C=O) groups excluding carboxylic acids is 1. The van der Waals surface area contributed by atoms with E-state index in [1.165, 1.54) is 45.7 Å². The topological polar surface area (TPSA) is 78.4 Å². The molecule has 0 unspecified atom stereocenters. The Balaban J connectivity index is 2.00. The van der Waals surface area contributed by atoms with Crippen LogP contribution in [-0.4, -0.2) is 40.1 Å². The Morgan fingerprint density at radius 1 is 1.08 bits per heavy atom. The van der Waals surface area contributed by atoms with Gasteiger partial charge in [-0.1, -0.05) is 6.07 Å². The highest BCUT2D eigenvalue weighted by atomic mass is 19.1. The third-order valence-corrected chi connectivity index (χ3v) is 3.30. The van der Waals surface area contributed by atoms with Crippen molar-refractivity contribution in [3.8, 4) is 23.0 Å². The molecule has 0 saturated carbocycles. The molecule has 1 N–H and O–H groups in total. The van der Waals surface area contributed by atoms with Crippen molar-refractivity contribution in [2.24, 2.45) is 5.10 Å². The lowest BCUT2D eigenvalue weighted by Crippen LogP contribution is -2.24. The molecule has 0 atom stereocenters. The number of ether oxygens (including phenoxy) is 4. The Kier molecular flexibility index (Phi) is 6.78. The summed E-state index contributed by atoms with van der Waals surface area (Å²) in [6, 6.07) is 8.84. The minimum Gasteiger partial charge on any atom is -0.496 e. The number of hydrogen-bond acceptors (Lipinski definition) is 6. The van der Waals surface area contributed by atoms with Gasteiger partial charge in [0.1, 0.15) is 28.8 Å². The van der Waals surface area contributed by atoms with Gasteiger partial charge in [0, 0.05) is 18.2 Å². The van der Waals surface area contributed by atoms with E-state index in [1.807, 2.05) is 0 Å². The number of hydrazone groups is 1. The van der Waals surface area contributed by atoms with E-state index in [1.54, 1.807) is 18.2 Å². The molecule has 2 aromatic rings. The van der Waals surface area contributed by atoms with Crippen molar-refractivity contribution in [1.82, 2.24) is 5.43 Å². The summed E-state index contributed by atoms with van der Waals surface area (Å²) in [7, 11) is 4.52.